The summed E-state index contributed by atoms with van der Waals surface area (Å²) < 4.78 is 5.50. The zero-order valence-electron chi connectivity index (χ0n) is 8.99. The molecule has 0 spiro atoms. The highest BCUT2D eigenvalue weighted by Gasteiger charge is 2.22. The maximum absolute atomic E-state index is 5.50. The summed E-state index contributed by atoms with van der Waals surface area (Å²) in [6.45, 7) is 3.04. The van der Waals surface area contributed by atoms with E-state index < -0.39 is 0 Å². The Kier molecular flexibility index (Phi) is 2.06. The second-order valence-electron chi connectivity index (χ2n) is 4.31. The number of nitrogens with one attached hydrogen (secondary N) is 1. The number of likely N-dealkylation sites (N-methyl/N-ethyl adjacent to an activating group) is 1. The van der Waals surface area contributed by atoms with Crippen molar-refractivity contribution in [3.63, 3.8) is 0 Å². The van der Waals surface area contributed by atoms with Gasteiger partial charge in [0.1, 0.15) is 5.75 Å². The average Bonchev–Trinajstić information content (AvgIpc) is 2.61. The van der Waals surface area contributed by atoms with E-state index in [4.69, 9.17) is 4.74 Å². The van der Waals surface area contributed by atoms with Crippen molar-refractivity contribution in [2.24, 2.45) is 0 Å². The summed E-state index contributed by atoms with van der Waals surface area (Å²) in [5, 5.41) is 3.30. The summed E-state index contributed by atoms with van der Waals surface area (Å²) in [5.74, 6) is 1.07. The van der Waals surface area contributed by atoms with Gasteiger partial charge < -0.3 is 15.0 Å². The minimum absolute atomic E-state index is 0.658. The first-order valence-corrected chi connectivity index (χ1v) is 5.54. The molecule has 1 saturated heterocycles. The summed E-state index contributed by atoms with van der Waals surface area (Å²) in [4.78, 5) is 2.36. The number of hydrogen-bond acceptors (Lipinski definition) is 3. The van der Waals surface area contributed by atoms with Crippen LogP contribution in [0.2, 0.25) is 0 Å². The molecule has 2 aliphatic rings. The molecule has 0 aliphatic carbocycles. The minimum Gasteiger partial charge on any atom is -0.493 e. The molecule has 0 unspecified atom stereocenters. The van der Waals surface area contributed by atoms with Crippen molar-refractivity contribution in [3.8, 4) is 5.75 Å². The number of hydrogen-bond donors (Lipinski definition) is 1. The molecule has 80 valence electrons. The van der Waals surface area contributed by atoms with Crippen molar-refractivity contribution in [1.29, 1.82) is 0 Å². The molecule has 0 saturated carbocycles. The van der Waals surface area contributed by atoms with E-state index in [0.29, 0.717) is 6.04 Å². The Labute approximate surface area is 90.0 Å². The Bertz CT molecular complexity index is 374. The summed E-state index contributed by atoms with van der Waals surface area (Å²) in [6, 6.07) is 7.18. The van der Waals surface area contributed by atoms with Gasteiger partial charge in [-0.3, -0.25) is 0 Å². The SMILES string of the molecule is CN(c1ccc2c(c1)CCO2)C1CNC1. The van der Waals surface area contributed by atoms with Crippen molar-refractivity contribution in [3.05, 3.63) is 23.8 Å². The minimum atomic E-state index is 0.658. The molecular formula is C12H16N2O. The van der Waals surface area contributed by atoms with Crippen LogP contribution >= 0.6 is 0 Å². The molecule has 15 heavy (non-hydrogen) atoms. The van der Waals surface area contributed by atoms with Crippen LogP contribution in [0.15, 0.2) is 18.2 Å². The predicted molar refractivity (Wildman–Crippen MR) is 60.7 cm³/mol. The first-order chi connectivity index (χ1) is 7.34. The third kappa shape index (κ3) is 1.47. The largest absolute Gasteiger partial charge is 0.493 e. The van der Waals surface area contributed by atoms with E-state index in [1.807, 2.05) is 0 Å². The molecule has 1 N–H and O–H groups in total. The summed E-state index contributed by atoms with van der Waals surface area (Å²) in [6.07, 6.45) is 1.06. The van der Waals surface area contributed by atoms with Gasteiger partial charge in [0.05, 0.1) is 12.6 Å². The van der Waals surface area contributed by atoms with E-state index in [0.717, 1.165) is 31.9 Å². The normalized spacial score (nSPS) is 19.3. The zero-order valence-corrected chi connectivity index (χ0v) is 8.99. The molecule has 0 atom stereocenters. The molecule has 3 nitrogen and oxygen atoms in total. The van der Waals surface area contributed by atoms with Gasteiger partial charge in [0, 0.05) is 32.2 Å². The lowest BCUT2D eigenvalue weighted by Gasteiger charge is -2.37. The number of rotatable bonds is 2. The fourth-order valence-electron chi connectivity index (χ4n) is 2.15. The van der Waals surface area contributed by atoms with Gasteiger partial charge >= 0.3 is 0 Å². The Hall–Kier alpha value is -1.22. The van der Waals surface area contributed by atoms with Crippen LogP contribution in [0.3, 0.4) is 0 Å². The standard InChI is InChI=1S/C12H16N2O/c1-14(11-7-13-8-11)10-2-3-12-9(6-10)4-5-15-12/h2-3,6,11,13H,4-5,7-8H2,1H3. The van der Waals surface area contributed by atoms with E-state index in [9.17, 15) is 0 Å². The Morgan fingerprint density at radius 3 is 3.00 bits per heavy atom. The highest BCUT2D eigenvalue weighted by atomic mass is 16.5. The zero-order chi connectivity index (χ0) is 10.3. The monoisotopic (exact) mass is 204 g/mol. The number of ether oxygens (including phenoxy) is 1. The molecule has 2 heterocycles. The topological polar surface area (TPSA) is 24.5 Å². The van der Waals surface area contributed by atoms with Crippen LogP contribution in [0.25, 0.3) is 0 Å². The number of nitrogens with zero attached hydrogens (tertiary/aromatic N) is 1. The lowest BCUT2D eigenvalue weighted by atomic mass is 10.1. The van der Waals surface area contributed by atoms with Gasteiger partial charge in [-0.1, -0.05) is 0 Å². The molecule has 2 aliphatic heterocycles. The smallest absolute Gasteiger partial charge is 0.122 e. The number of benzene rings is 1. The van der Waals surface area contributed by atoms with Crippen LogP contribution in [0.5, 0.6) is 5.75 Å². The van der Waals surface area contributed by atoms with Crippen LogP contribution < -0.4 is 15.0 Å². The van der Waals surface area contributed by atoms with E-state index in [1.165, 1.54) is 11.3 Å². The highest BCUT2D eigenvalue weighted by Crippen LogP contribution is 2.30. The average molecular weight is 204 g/mol. The van der Waals surface area contributed by atoms with Gasteiger partial charge in [0.15, 0.2) is 0 Å². The van der Waals surface area contributed by atoms with Crippen molar-refractivity contribution >= 4 is 5.69 Å². The molecule has 0 radical (unpaired) electrons. The Balaban J connectivity index is 1.85. The van der Waals surface area contributed by atoms with Gasteiger partial charge in [-0.25, -0.2) is 0 Å². The third-order valence-corrected chi connectivity index (χ3v) is 3.39. The van der Waals surface area contributed by atoms with Crippen LogP contribution in [0.1, 0.15) is 5.56 Å². The number of fused-ring (bicyclic) bond motifs is 1. The lowest BCUT2D eigenvalue weighted by Crippen LogP contribution is -2.56. The van der Waals surface area contributed by atoms with E-state index in [1.54, 1.807) is 0 Å². The van der Waals surface area contributed by atoms with Crippen molar-refractivity contribution in [1.82, 2.24) is 5.32 Å². The maximum Gasteiger partial charge on any atom is 0.122 e. The molecular weight excluding hydrogens is 188 g/mol. The van der Waals surface area contributed by atoms with Gasteiger partial charge in [0.25, 0.3) is 0 Å². The Morgan fingerprint density at radius 2 is 2.27 bits per heavy atom. The molecule has 1 fully saturated rings. The molecule has 1 aromatic carbocycles. The van der Waals surface area contributed by atoms with Crippen LogP contribution in [-0.4, -0.2) is 32.8 Å². The van der Waals surface area contributed by atoms with Crippen molar-refractivity contribution in [2.45, 2.75) is 12.5 Å². The second-order valence-corrected chi connectivity index (χ2v) is 4.31. The second kappa shape index (κ2) is 3.42. The maximum atomic E-state index is 5.50. The third-order valence-electron chi connectivity index (χ3n) is 3.39. The fraction of sp³-hybridized carbons (Fsp3) is 0.500. The van der Waals surface area contributed by atoms with Gasteiger partial charge in [-0.2, -0.15) is 0 Å². The van der Waals surface area contributed by atoms with E-state index in [2.05, 4.69) is 35.5 Å². The van der Waals surface area contributed by atoms with Crippen LogP contribution in [0.4, 0.5) is 5.69 Å². The van der Waals surface area contributed by atoms with Gasteiger partial charge in [-0.05, 0) is 23.8 Å². The molecule has 0 bridgehead atoms. The fourth-order valence-corrected chi connectivity index (χ4v) is 2.15. The van der Waals surface area contributed by atoms with E-state index in [-0.39, 0.29) is 0 Å². The molecule has 0 amide bonds. The molecule has 1 aromatic rings. The van der Waals surface area contributed by atoms with Gasteiger partial charge in [-0.15, -0.1) is 0 Å². The summed E-state index contributed by atoms with van der Waals surface area (Å²) in [5.41, 5.74) is 2.66. The Morgan fingerprint density at radius 1 is 1.40 bits per heavy atom. The molecule has 3 rings (SSSR count). The van der Waals surface area contributed by atoms with E-state index >= 15 is 0 Å². The summed E-state index contributed by atoms with van der Waals surface area (Å²) >= 11 is 0. The first-order valence-electron chi connectivity index (χ1n) is 5.54. The van der Waals surface area contributed by atoms with Crippen molar-refractivity contribution < 1.29 is 4.74 Å². The lowest BCUT2D eigenvalue weighted by molar-refractivity contribution is 0.357. The van der Waals surface area contributed by atoms with Crippen molar-refractivity contribution in [2.75, 3.05) is 31.6 Å². The quantitative estimate of drug-likeness (QED) is 0.778. The van der Waals surface area contributed by atoms with Gasteiger partial charge in [0.2, 0.25) is 0 Å². The van der Waals surface area contributed by atoms with Crippen LogP contribution in [-0.2, 0) is 6.42 Å². The molecule has 0 aromatic heterocycles. The molecule has 3 heteroatoms. The summed E-state index contributed by atoms with van der Waals surface area (Å²) in [7, 11) is 2.17. The number of anilines is 1. The first kappa shape index (κ1) is 9.04. The highest BCUT2D eigenvalue weighted by molar-refractivity contribution is 5.54. The van der Waals surface area contributed by atoms with Crippen LogP contribution in [0, 0.1) is 0 Å². The predicted octanol–water partition coefficient (Wildman–Crippen LogP) is 1.03.